The van der Waals surface area contributed by atoms with Crippen molar-refractivity contribution in [2.24, 2.45) is 0 Å². The predicted octanol–water partition coefficient (Wildman–Crippen LogP) is 5.07. The molecule has 128 valence electrons. The van der Waals surface area contributed by atoms with Crippen LogP contribution < -0.4 is 10.6 Å². The number of anilines is 3. The molecular formula is C15H13ClF3N3O2. The molecule has 2 rings (SSSR count). The largest absolute Gasteiger partial charge is 0.450 e. The summed E-state index contributed by atoms with van der Waals surface area (Å²) in [5.41, 5.74) is -0.276. The normalized spacial score (nSPS) is 11.0. The number of hydrogen-bond acceptors (Lipinski definition) is 4. The summed E-state index contributed by atoms with van der Waals surface area (Å²) in [6.45, 7) is 1.89. The summed E-state index contributed by atoms with van der Waals surface area (Å²) in [6, 6.07) is 6.53. The van der Waals surface area contributed by atoms with Crippen molar-refractivity contribution in [1.82, 2.24) is 4.98 Å². The number of rotatable bonds is 4. The van der Waals surface area contributed by atoms with Gasteiger partial charge >= 0.3 is 12.3 Å². The standard InChI is InChI=1S/C15H13ClF3N3O2/c1-2-24-14(23)22-13-6-4-10(8-20-13)21-9-3-5-12(16)11(7-9)15(17,18)19/h3-8,21H,2H2,1H3,(H,20,22,23). The van der Waals surface area contributed by atoms with Gasteiger partial charge in [0.2, 0.25) is 0 Å². The van der Waals surface area contributed by atoms with Crippen LogP contribution in [0.3, 0.4) is 0 Å². The molecule has 0 bridgehead atoms. The number of amides is 1. The number of hydrogen-bond donors (Lipinski definition) is 2. The molecule has 1 aromatic heterocycles. The number of nitrogens with one attached hydrogen (secondary N) is 2. The molecule has 0 spiro atoms. The van der Waals surface area contributed by atoms with E-state index < -0.39 is 17.8 Å². The number of ether oxygens (including phenoxy) is 1. The van der Waals surface area contributed by atoms with E-state index in [1.54, 1.807) is 13.0 Å². The SMILES string of the molecule is CCOC(=O)Nc1ccc(Nc2ccc(Cl)c(C(F)(F)F)c2)cn1. The summed E-state index contributed by atoms with van der Waals surface area (Å²) >= 11 is 5.57. The van der Waals surface area contributed by atoms with E-state index in [1.165, 1.54) is 18.3 Å². The van der Waals surface area contributed by atoms with Gasteiger partial charge in [0, 0.05) is 5.69 Å². The summed E-state index contributed by atoms with van der Waals surface area (Å²) in [7, 11) is 0. The lowest BCUT2D eigenvalue weighted by atomic mass is 10.2. The number of aromatic nitrogens is 1. The third-order valence-electron chi connectivity index (χ3n) is 2.83. The minimum Gasteiger partial charge on any atom is -0.450 e. The molecule has 0 atom stereocenters. The number of nitrogens with zero attached hydrogens (tertiary/aromatic N) is 1. The first-order valence-corrected chi connectivity index (χ1v) is 7.21. The van der Waals surface area contributed by atoms with Gasteiger partial charge in [0.15, 0.2) is 0 Å². The molecule has 0 radical (unpaired) electrons. The molecule has 0 saturated heterocycles. The van der Waals surface area contributed by atoms with Gasteiger partial charge in [-0.2, -0.15) is 13.2 Å². The minimum atomic E-state index is -4.54. The Hall–Kier alpha value is -2.48. The van der Waals surface area contributed by atoms with Crippen LogP contribution in [-0.4, -0.2) is 17.7 Å². The lowest BCUT2D eigenvalue weighted by molar-refractivity contribution is -0.137. The molecule has 1 amide bonds. The second kappa shape index (κ2) is 7.39. The van der Waals surface area contributed by atoms with E-state index in [-0.39, 0.29) is 23.1 Å². The van der Waals surface area contributed by atoms with Gasteiger partial charge in [0.25, 0.3) is 0 Å². The Labute approximate surface area is 140 Å². The summed E-state index contributed by atoms with van der Waals surface area (Å²) in [5, 5.41) is 4.81. The second-order valence-electron chi connectivity index (χ2n) is 4.59. The van der Waals surface area contributed by atoms with Crippen molar-refractivity contribution in [2.45, 2.75) is 13.1 Å². The number of pyridine rings is 1. The Bertz CT molecular complexity index is 721. The highest BCUT2D eigenvalue weighted by atomic mass is 35.5. The highest BCUT2D eigenvalue weighted by Crippen LogP contribution is 2.36. The highest BCUT2D eigenvalue weighted by molar-refractivity contribution is 6.31. The zero-order chi connectivity index (χ0) is 17.7. The fourth-order valence-electron chi connectivity index (χ4n) is 1.80. The van der Waals surface area contributed by atoms with Crippen LogP contribution in [0.4, 0.5) is 35.2 Å². The summed E-state index contributed by atoms with van der Waals surface area (Å²) in [4.78, 5) is 15.2. The minimum absolute atomic E-state index is 0.208. The van der Waals surface area contributed by atoms with Crippen molar-refractivity contribution in [2.75, 3.05) is 17.2 Å². The molecule has 1 aromatic carbocycles. The fourth-order valence-corrected chi connectivity index (χ4v) is 2.03. The van der Waals surface area contributed by atoms with Crippen molar-refractivity contribution in [3.63, 3.8) is 0 Å². The quantitative estimate of drug-likeness (QED) is 0.800. The van der Waals surface area contributed by atoms with Gasteiger partial charge in [-0.05, 0) is 37.3 Å². The third kappa shape index (κ3) is 4.76. The number of carbonyl (C=O) groups excluding carboxylic acids is 1. The lowest BCUT2D eigenvalue weighted by Crippen LogP contribution is -2.14. The summed E-state index contributed by atoms with van der Waals surface area (Å²) in [5.74, 6) is 0.256. The first-order valence-electron chi connectivity index (χ1n) is 6.83. The van der Waals surface area contributed by atoms with Crippen molar-refractivity contribution in [1.29, 1.82) is 0 Å². The van der Waals surface area contributed by atoms with Crippen LogP contribution in [0.25, 0.3) is 0 Å². The molecule has 0 aliphatic carbocycles. The number of halogens is 4. The zero-order valence-corrected chi connectivity index (χ0v) is 13.2. The monoisotopic (exact) mass is 359 g/mol. The number of carbonyl (C=O) groups is 1. The van der Waals surface area contributed by atoms with Gasteiger partial charge in [0.1, 0.15) is 5.82 Å². The summed E-state index contributed by atoms with van der Waals surface area (Å²) in [6.07, 6.45) is -3.82. The van der Waals surface area contributed by atoms with Crippen LogP contribution in [0.1, 0.15) is 12.5 Å². The Balaban J connectivity index is 2.10. The van der Waals surface area contributed by atoms with Crippen LogP contribution in [0, 0.1) is 0 Å². The van der Waals surface area contributed by atoms with Crippen LogP contribution in [0.2, 0.25) is 5.02 Å². The first-order chi connectivity index (χ1) is 11.3. The molecule has 0 unspecified atom stereocenters. The second-order valence-corrected chi connectivity index (χ2v) is 5.00. The molecule has 0 aliphatic heterocycles. The molecule has 0 fully saturated rings. The van der Waals surface area contributed by atoms with Crippen molar-refractivity contribution in [3.05, 3.63) is 47.1 Å². The van der Waals surface area contributed by atoms with Crippen LogP contribution in [-0.2, 0) is 10.9 Å². The first kappa shape index (κ1) is 17.9. The summed E-state index contributed by atoms with van der Waals surface area (Å²) < 4.78 is 43.2. The van der Waals surface area contributed by atoms with Gasteiger partial charge in [-0.1, -0.05) is 11.6 Å². The van der Waals surface area contributed by atoms with Gasteiger partial charge in [-0.25, -0.2) is 9.78 Å². The van der Waals surface area contributed by atoms with Crippen molar-refractivity contribution in [3.8, 4) is 0 Å². The number of alkyl halides is 3. The van der Waals surface area contributed by atoms with Gasteiger partial charge in [-0.15, -0.1) is 0 Å². The average molecular weight is 360 g/mol. The molecule has 5 nitrogen and oxygen atoms in total. The zero-order valence-electron chi connectivity index (χ0n) is 12.4. The topological polar surface area (TPSA) is 63.2 Å². The van der Waals surface area contributed by atoms with Crippen LogP contribution >= 0.6 is 11.6 Å². The van der Waals surface area contributed by atoms with Crippen molar-refractivity contribution >= 4 is 34.9 Å². The van der Waals surface area contributed by atoms with Gasteiger partial charge in [-0.3, -0.25) is 5.32 Å². The molecule has 1 heterocycles. The fraction of sp³-hybridized carbons (Fsp3) is 0.200. The van der Waals surface area contributed by atoms with E-state index in [9.17, 15) is 18.0 Å². The maximum atomic E-state index is 12.8. The van der Waals surface area contributed by atoms with E-state index in [0.717, 1.165) is 12.1 Å². The Kier molecular flexibility index (Phi) is 5.50. The van der Waals surface area contributed by atoms with E-state index in [2.05, 4.69) is 15.6 Å². The molecule has 24 heavy (non-hydrogen) atoms. The maximum absolute atomic E-state index is 12.8. The Morgan fingerprint density at radius 2 is 1.96 bits per heavy atom. The van der Waals surface area contributed by atoms with Crippen molar-refractivity contribution < 1.29 is 22.7 Å². The van der Waals surface area contributed by atoms with Crippen LogP contribution in [0.5, 0.6) is 0 Å². The van der Waals surface area contributed by atoms with Gasteiger partial charge < -0.3 is 10.1 Å². The molecular weight excluding hydrogens is 347 g/mol. The molecule has 9 heteroatoms. The Morgan fingerprint density at radius 1 is 1.25 bits per heavy atom. The highest BCUT2D eigenvalue weighted by Gasteiger charge is 2.33. The van der Waals surface area contributed by atoms with Gasteiger partial charge in [0.05, 0.1) is 29.1 Å². The molecule has 2 N–H and O–H groups in total. The lowest BCUT2D eigenvalue weighted by Gasteiger charge is -2.12. The Morgan fingerprint density at radius 3 is 2.54 bits per heavy atom. The van der Waals surface area contributed by atoms with E-state index in [1.807, 2.05) is 0 Å². The van der Waals surface area contributed by atoms with E-state index >= 15 is 0 Å². The maximum Gasteiger partial charge on any atom is 0.417 e. The van der Waals surface area contributed by atoms with E-state index in [0.29, 0.717) is 5.69 Å². The van der Waals surface area contributed by atoms with Crippen LogP contribution in [0.15, 0.2) is 36.5 Å². The van der Waals surface area contributed by atoms with E-state index in [4.69, 9.17) is 16.3 Å². The average Bonchev–Trinajstić information content (AvgIpc) is 2.50. The predicted molar refractivity (Wildman–Crippen MR) is 84.6 cm³/mol. The molecule has 0 aliphatic rings. The number of benzene rings is 1. The smallest absolute Gasteiger partial charge is 0.417 e. The molecule has 0 saturated carbocycles. The molecule has 2 aromatic rings. The third-order valence-corrected chi connectivity index (χ3v) is 3.16.